The molecule has 1 fully saturated rings. The smallest absolute Gasteiger partial charge is 0.381 e. The summed E-state index contributed by atoms with van der Waals surface area (Å²) >= 11 is -0.0413. The monoisotopic (exact) mass is 289 g/mol. The molecule has 0 heterocycles. The number of thioether (sulfide) groups is 1. The fraction of sp³-hybridized carbons (Fsp3) is 0.571. The van der Waals surface area contributed by atoms with Gasteiger partial charge in [0.15, 0.2) is 0 Å². The van der Waals surface area contributed by atoms with E-state index in [-0.39, 0.29) is 16.7 Å². The van der Waals surface area contributed by atoms with Gasteiger partial charge in [-0.15, -0.1) is 0 Å². The zero-order valence-corrected chi connectivity index (χ0v) is 11.5. The molecule has 1 nitrogen and oxygen atoms in total. The third-order valence-corrected chi connectivity index (χ3v) is 4.13. The van der Waals surface area contributed by atoms with Crippen molar-refractivity contribution < 1.29 is 13.2 Å². The summed E-state index contributed by atoms with van der Waals surface area (Å²) in [7, 11) is 0. The number of halogens is 3. The van der Waals surface area contributed by atoms with Crippen LogP contribution >= 0.6 is 11.8 Å². The fourth-order valence-electron chi connectivity index (χ4n) is 2.44. The Hall–Kier alpha value is -0.840. The molecule has 19 heavy (non-hydrogen) atoms. The van der Waals surface area contributed by atoms with Gasteiger partial charge in [-0.25, -0.2) is 0 Å². The van der Waals surface area contributed by atoms with Crippen LogP contribution in [0.15, 0.2) is 29.2 Å². The molecule has 1 N–H and O–H groups in total. The molecule has 2 rings (SSSR count). The second kappa shape index (κ2) is 6.55. The lowest BCUT2D eigenvalue weighted by Crippen LogP contribution is -2.18. The summed E-state index contributed by atoms with van der Waals surface area (Å²) in [5, 5.41) is 3.29. The van der Waals surface area contributed by atoms with Crippen molar-refractivity contribution in [2.75, 3.05) is 5.32 Å². The number of alkyl halides is 3. The normalized spacial score (nSPS) is 18.1. The predicted octanol–water partition coefficient (Wildman–Crippen LogP) is 5.43. The first-order valence-electron chi connectivity index (χ1n) is 6.66. The van der Waals surface area contributed by atoms with E-state index in [2.05, 4.69) is 5.32 Å². The SMILES string of the molecule is FC(F)(F)Sc1ccccc1NC1CCCCCC1. The van der Waals surface area contributed by atoms with E-state index in [1.165, 1.54) is 18.9 Å². The van der Waals surface area contributed by atoms with Crippen LogP contribution in [0.3, 0.4) is 0 Å². The summed E-state index contributed by atoms with van der Waals surface area (Å²) in [5.41, 5.74) is -3.63. The largest absolute Gasteiger partial charge is 0.446 e. The highest BCUT2D eigenvalue weighted by molar-refractivity contribution is 8.00. The van der Waals surface area contributed by atoms with Gasteiger partial charge in [-0.3, -0.25) is 0 Å². The molecule has 0 unspecified atom stereocenters. The van der Waals surface area contributed by atoms with E-state index in [4.69, 9.17) is 0 Å². The lowest BCUT2D eigenvalue weighted by Gasteiger charge is -2.20. The lowest BCUT2D eigenvalue weighted by molar-refractivity contribution is -0.0327. The molecule has 1 aliphatic carbocycles. The summed E-state index contributed by atoms with van der Waals surface area (Å²) in [5.74, 6) is 0. The van der Waals surface area contributed by atoms with Crippen molar-refractivity contribution in [2.24, 2.45) is 0 Å². The second-order valence-corrected chi connectivity index (χ2v) is 5.98. The van der Waals surface area contributed by atoms with Gasteiger partial charge in [0.25, 0.3) is 0 Å². The van der Waals surface area contributed by atoms with Crippen molar-refractivity contribution >= 4 is 17.4 Å². The first-order valence-corrected chi connectivity index (χ1v) is 7.47. The Morgan fingerprint density at radius 2 is 1.63 bits per heavy atom. The first-order chi connectivity index (χ1) is 9.04. The van der Waals surface area contributed by atoms with Crippen LogP contribution in [0, 0.1) is 0 Å². The minimum atomic E-state index is -4.23. The highest BCUT2D eigenvalue weighted by Gasteiger charge is 2.30. The summed E-state index contributed by atoms with van der Waals surface area (Å²) in [6.07, 6.45) is 6.88. The van der Waals surface area contributed by atoms with Crippen molar-refractivity contribution in [3.05, 3.63) is 24.3 Å². The minimum Gasteiger partial charge on any atom is -0.381 e. The third-order valence-electron chi connectivity index (χ3n) is 3.33. The highest BCUT2D eigenvalue weighted by Crippen LogP contribution is 2.40. The second-order valence-electron chi connectivity index (χ2n) is 4.88. The molecule has 0 atom stereocenters. The standard InChI is InChI=1S/C14H18F3NS/c15-14(16,17)19-13-10-6-5-9-12(13)18-11-7-3-1-2-4-8-11/h5-6,9-11,18H,1-4,7-8H2. The van der Waals surface area contributed by atoms with Gasteiger partial charge in [0.2, 0.25) is 0 Å². The van der Waals surface area contributed by atoms with Gasteiger partial charge in [-0.1, -0.05) is 37.8 Å². The van der Waals surface area contributed by atoms with Crippen LogP contribution in [0.25, 0.3) is 0 Å². The van der Waals surface area contributed by atoms with Crippen LogP contribution in [-0.4, -0.2) is 11.6 Å². The summed E-state index contributed by atoms with van der Waals surface area (Å²) < 4.78 is 37.5. The van der Waals surface area contributed by atoms with Crippen LogP contribution in [0.4, 0.5) is 18.9 Å². The van der Waals surface area contributed by atoms with Crippen molar-refractivity contribution in [1.29, 1.82) is 0 Å². The maximum Gasteiger partial charge on any atom is 0.446 e. The maximum absolute atomic E-state index is 12.5. The Labute approximate surface area is 116 Å². The highest BCUT2D eigenvalue weighted by atomic mass is 32.2. The van der Waals surface area contributed by atoms with Gasteiger partial charge in [-0.05, 0) is 36.7 Å². The van der Waals surface area contributed by atoms with E-state index in [0.29, 0.717) is 11.7 Å². The van der Waals surface area contributed by atoms with E-state index in [1.54, 1.807) is 18.2 Å². The molecule has 1 aromatic rings. The average Bonchev–Trinajstić information content (AvgIpc) is 2.58. The molecule has 0 amide bonds. The molecule has 0 saturated heterocycles. The number of anilines is 1. The Bertz CT molecular complexity index is 398. The van der Waals surface area contributed by atoms with Crippen LogP contribution in [0.2, 0.25) is 0 Å². The number of nitrogens with one attached hydrogen (secondary N) is 1. The Morgan fingerprint density at radius 1 is 1.00 bits per heavy atom. The zero-order chi connectivity index (χ0) is 13.7. The number of para-hydroxylation sites is 1. The van der Waals surface area contributed by atoms with Crippen LogP contribution in [0.1, 0.15) is 38.5 Å². The molecule has 0 aromatic heterocycles. The van der Waals surface area contributed by atoms with Gasteiger partial charge < -0.3 is 5.32 Å². The fourth-order valence-corrected chi connectivity index (χ4v) is 3.08. The summed E-state index contributed by atoms with van der Waals surface area (Å²) in [6.45, 7) is 0. The summed E-state index contributed by atoms with van der Waals surface area (Å²) in [6, 6.07) is 6.99. The van der Waals surface area contributed by atoms with Crippen molar-refractivity contribution in [3.63, 3.8) is 0 Å². The molecule has 0 bridgehead atoms. The van der Waals surface area contributed by atoms with E-state index in [9.17, 15) is 13.2 Å². The van der Waals surface area contributed by atoms with Gasteiger partial charge >= 0.3 is 5.51 Å². The van der Waals surface area contributed by atoms with Gasteiger partial charge in [0.05, 0.1) is 0 Å². The van der Waals surface area contributed by atoms with E-state index >= 15 is 0 Å². The molecule has 1 aromatic carbocycles. The van der Waals surface area contributed by atoms with Crippen molar-refractivity contribution in [3.8, 4) is 0 Å². The molecule has 5 heteroatoms. The van der Waals surface area contributed by atoms with E-state index in [0.717, 1.165) is 25.7 Å². The summed E-state index contributed by atoms with van der Waals surface area (Å²) in [4.78, 5) is 0.263. The quantitative estimate of drug-likeness (QED) is 0.588. The molecule has 0 radical (unpaired) electrons. The van der Waals surface area contributed by atoms with Crippen molar-refractivity contribution in [1.82, 2.24) is 0 Å². The minimum absolute atomic E-state index is 0.0413. The van der Waals surface area contributed by atoms with Gasteiger partial charge in [-0.2, -0.15) is 13.2 Å². The van der Waals surface area contributed by atoms with Crippen molar-refractivity contribution in [2.45, 2.75) is 55.0 Å². The van der Waals surface area contributed by atoms with Crippen LogP contribution < -0.4 is 5.32 Å². The molecule has 0 aliphatic heterocycles. The third kappa shape index (κ3) is 4.97. The Balaban J connectivity index is 2.06. The average molecular weight is 289 g/mol. The molecular weight excluding hydrogens is 271 g/mol. The maximum atomic E-state index is 12.5. The van der Waals surface area contributed by atoms with E-state index in [1.807, 2.05) is 0 Å². The Morgan fingerprint density at radius 3 is 2.26 bits per heavy atom. The van der Waals surface area contributed by atoms with Crippen LogP contribution in [0.5, 0.6) is 0 Å². The zero-order valence-electron chi connectivity index (χ0n) is 10.7. The molecular formula is C14H18F3NS. The molecule has 1 aliphatic rings. The topological polar surface area (TPSA) is 12.0 Å². The van der Waals surface area contributed by atoms with Crippen LogP contribution in [-0.2, 0) is 0 Å². The Kier molecular flexibility index (Phi) is 5.02. The van der Waals surface area contributed by atoms with Gasteiger partial charge in [0.1, 0.15) is 0 Å². The van der Waals surface area contributed by atoms with E-state index < -0.39 is 5.51 Å². The molecule has 1 saturated carbocycles. The first kappa shape index (κ1) is 14.6. The molecule has 106 valence electrons. The lowest BCUT2D eigenvalue weighted by atomic mass is 10.1. The van der Waals surface area contributed by atoms with Gasteiger partial charge in [0, 0.05) is 16.6 Å². The molecule has 0 spiro atoms. The number of benzene rings is 1. The predicted molar refractivity (Wildman–Crippen MR) is 73.5 cm³/mol. The number of hydrogen-bond acceptors (Lipinski definition) is 2. The number of rotatable bonds is 3. The number of hydrogen-bond donors (Lipinski definition) is 1.